The monoisotopic (exact) mass is 468 g/mol. The van der Waals surface area contributed by atoms with E-state index in [-0.39, 0.29) is 18.5 Å². The van der Waals surface area contributed by atoms with E-state index < -0.39 is 28.6 Å². The van der Waals surface area contributed by atoms with Crippen LogP contribution in [0.1, 0.15) is 11.1 Å². The Labute approximate surface area is 163 Å². The molecule has 0 bridgehead atoms. The second-order valence-corrected chi connectivity index (χ2v) is 7.10. The predicted molar refractivity (Wildman–Crippen MR) is 104 cm³/mol. The third kappa shape index (κ3) is 5.33. The molecule has 0 aliphatic rings. The predicted octanol–water partition coefficient (Wildman–Crippen LogP) is 2.58. The number of hydrogen-bond donors (Lipinski definition) is 2. The third-order valence-electron chi connectivity index (χ3n) is 3.96. The summed E-state index contributed by atoms with van der Waals surface area (Å²) in [5.74, 6) is -3.11. The smallest absolute Gasteiger partial charge is 0.314 e. The van der Waals surface area contributed by atoms with Crippen molar-refractivity contribution in [1.29, 1.82) is 0 Å². The number of non-ortho nitro benzene ring substituents is 1. The number of hydrogen-bond acceptors (Lipinski definition) is 5. The standard InChI is InChI=1S/C18H17IN2O5/c19-13-5-1-12(2-6-13)10-16(20)17(22)15(18(23)24)9-11-3-7-14(8-4-11)21(25)26/h1-8,15-16H,9-10,20H2,(H,23,24)/t15?,16-/m0/s1. The first-order valence-electron chi connectivity index (χ1n) is 7.78. The molecular formula is C18H17IN2O5. The molecule has 2 aromatic carbocycles. The van der Waals surface area contributed by atoms with Gasteiger partial charge in [0, 0.05) is 15.7 Å². The van der Waals surface area contributed by atoms with Gasteiger partial charge in [0.15, 0.2) is 5.78 Å². The lowest BCUT2D eigenvalue weighted by Crippen LogP contribution is -2.41. The SMILES string of the molecule is N[C@@H](Cc1ccc(I)cc1)C(=O)C(Cc1ccc([N+](=O)[O-])cc1)C(=O)O. The number of nitrogens with zero attached hydrogens (tertiary/aromatic N) is 1. The molecule has 0 aromatic heterocycles. The van der Waals surface area contributed by atoms with Crippen molar-refractivity contribution in [2.75, 3.05) is 0 Å². The second-order valence-electron chi connectivity index (χ2n) is 5.86. The van der Waals surface area contributed by atoms with Crippen LogP contribution in [0.3, 0.4) is 0 Å². The minimum Gasteiger partial charge on any atom is -0.481 e. The number of ketones is 1. The van der Waals surface area contributed by atoms with Gasteiger partial charge in [-0.05, 0) is 58.7 Å². The molecule has 0 amide bonds. The van der Waals surface area contributed by atoms with Gasteiger partial charge >= 0.3 is 5.97 Å². The molecule has 2 aromatic rings. The number of aliphatic carboxylic acids is 1. The molecular weight excluding hydrogens is 451 g/mol. The van der Waals surface area contributed by atoms with Gasteiger partial charge in [-0.15, -0.1) is 0 Å². The largest absolute Gasteiger partial charge is 0.481 e. The third-order valence-corrected chi connectivity index (χ3v) is 4.68. The first-order chi connectivity index (χ1) is 12.3. The summed E-state index contributed by atoms with van der Waals surface area (Å²) in [6.45, 7) is 0. The van der Waals surface area contributed by atoms with Gasteiger partial charge in [-0.2, -0.15) is 0 Å². The van der Waals surface area contributed by atoms with Crippen LogP contribution in [0, 0.1) is 19.6 Å². The first-order valence-corrected chi connectivity index (χ1v) is 8.85. The van der Waals surface area contributed by atoms with E-state index in [1.807, 2.05) is 24.3 Å². The van der Waals surface area contributed by atoms with Gasteiger partial charge in [-0.1, -0.05) is 24.3 Å². The minimum absolute atomic E-state index is 0.0629. The number of nitro groups is 1. The highest BCUT2D eigenvalue weighted by Crippen LogP contribution is 2.18. The summed E-state index contributed by atoms with van der Waals surface area (Å²) in [5, 5.41) is 20.1. The van der Waals surface area contributed by atoms with Crippen LogP contribution < -0.4 is 5.73 Å². The quantitative estimate of drug-likeness (QED) is 0.266. The van der Waals surface area contributed by atoms with E-state index >= 15 is 0 Å². The fourth-order valence-electron chi connectivity index (χ4n) is 2.53. The van der Waals surface area contributed by atoms with Crippen LogP contribution in [-0.2, 0) is 22.4 Å². The van der Waals surface area contributed by atoms with Crippen LogP contribution in [0.25, 0.3) is 0 Å². The Bertz CT molecular complexity index is 805. The van der Waals surface area contributed by atoms with E-state index in [2.05, 4.69) is 22.6 Å². The molecule has 7 nitrogen and oxygen atoms in total. The maximum Gasteiger partial charge on any atom is 0.314 e. The summed E-state index contributed by atoms with van der Waals surface area (Å²) in [4.78, 5) is 34.2. The van der Waals surface area contributed by atoms with Gasteiger partial charge in [-0.3, -0.25) is 19.7 Å². The van der Waals surface area contributed by atoms with Crippen molar-refractivity contribution in [2.24, 2.45) is 11.7 Å². The molecule has 0 saturated heterocycles. The molecule has 2 rings (SSSR count). The van der Waals surface area contributed by atoms with E-state index in [0.29, 0.717) is 5.56 Å². The Hall–Kier alpha value is -2.33. The normalized spacial score (nSPS) is 13.0. The highest BCUT2D eigenvalue weighted by molar-refractivity contribution is 14.1. The molecule has 0 aliphatic carbocycles. The van der Waals surface area contributed by atoms with E-state index in [1.165, 1.54) is 24.3 Å². The molecule has 0 heterocycles. The number of carboxylic acid groups (broad SMARTS) is 1. The first kappa shape index (κ1) is 20.0. The van der Waals surface area contributed by atoms with Gasteiger partial charge < -0.3 is 10.8 Å². The van der Waals surface area contributed by atoms with Crippen molar-refractivity contribution in [3.63, 3.8) is 0 Å². The number of Topliss-reactive ketones (excluding diaryl/α,β-unsaturated/α-hetero) is 1. The van der Waals surface area contributed by atoms with Gasteiger partial charge in [0.2, 0.25) is 0 Å². The number of nitrogens with two attached hydrogens (primary N) is 1. The summed E-state index contributed by atoms with van der Waals surface area (Å²) in [5.41, 5.74) is 7.22. The van der Waals surface area contributed by atoms with Gasteiger partial charge in [0.25, 0.3) is 5.69 Å². The zero-order valence-electron chi connectivity index (χ0n) is 13.7. The number of carbonyl (C=O) groups excluding carboxylic acids is 1. The molecule has 26 heavy (non-hydrogen) atoms. The second kappa shape index (κ2) is 8.86. The number of carbonyl (C=O) groups is 2. The average molecular weight is 468 g/mol. The number of nitro benzene ring substituents is 1. The van der Waals surface area contributed by atoms with Crippen LogP contribution in [0.2, 0.25) is 0 Å². The maximum absolute atomic E-state index is 12.5. The fourth-order valence-corrected chi connectivity index (χ4v) is 2.89. The molecule has 3 N–H and O–H groups in total. The number of halogens is 1. The molecule has 0 aliphatic heterocycles. The van der Waals surface area contributed by atoms with E-state index in [1.54, 1.807) is 0 Å². The Morgan fingerprint density at radius 3 is 2.04 bits per heavy atom. The Balaban J connectivity index is 2.09. The van der Waals surface area contributed by atoms with Crippen molar-refractivity contribution in [2.45, 2.75) is 18.9 Å². The van der Waals surface area contributed by atoms with Crippen LogP contribution in [0.15, 0.2) is 48.5 Å². The molecule has 0 spiro atoms. The van der Waals surface area contributed by atoms with Crippen molar-refractivity contribution < 1.29 is 19.6 Å². The topological polar surface area (TPSA) is 124 Å². The molecule has 1 unspecified atom stereocenters. The number of carboxylic acids is 1. The lowest BCUT2D eigenvalue weighted by atomic mass is 9.89. The lowest BCUT2D eigenvalue weighted by molar-refractivity contribution is -0.384. The Morgan fingerprint density at radius 1 is 1.04 bits per heavy atom. The number of benzene rings is 2. The highest BCUT2D eigenvalue weighted by Gasteiger charge is 2.30. The molecule has 0 radical (unpaired) electrons. The summed E-state index contributed by atoms with van der Waals surface area (Å²) >= 11 is 2.16. The molecule has 0 saturated carbocycles. The van der Waals surface area contributed by atoms with Crippen LogP contribution >= 0.6 is 22.6 Å². The van der Waals surface area contributed by atoms with Gasteiger partial charge in [0.05, 0.1) is 11.0 Å². The maximum atomic E-state index is 12.5. The van der Waals surface area contributed by atoms with Crippen LogP contribution in [-0.4, -0.2) is 27.8 Å². The van der Waals surface area contributed by atoms with Crippen molar-refractivity contribution in [1.82, 2.24) is 0 Å². The van der Waals surface area contributed by atoms with E-state index in [9.17, 15) is 24.8 Å². The summed E-state index contributed by atoms with van der Waals surface area (Å²) < 4.78 is 1.05. The molecule has 136 valence electrons. The summed E-state index contributed by atoms with van der Waals surface area (Å²) in [6.07, 6.45) is 0.187. The zero-order valence-corrected chi connectivity index (χ0v) is 15.8. The Kier molecular flexibility index (Phi) is 6.81. The lowest BCUT2D eigenvalue weighted by Gasteiger charge is -2.17. The molecule has 2 atom stereocenters. The van der Waals surface area contributed by atoms with Crippen molar-refractivity contribution >= 4 is 40.0 Å². The van der Waals surface area contributed by atoms with E-state index in [4.69, 9.17) is 5.73 Å². The zero-order chi connectivity index (χ0) is 19.3. The van der Waals surface area contributed by atoms with E-state index in [0.717, 1.165) is 9.13 Å². The van der Waals surface area contributed by atoms with Gasteiger partial charge in [-0.25, -0.2) is 0 Å². The molecule has 8 heteroatoms. The van der Waals surface area contributed by atoms with Crippen molar-refractivity contribution in [3.05, 3.63) is 73.3 Å². The van der Waals surface area contributed by atoms with Crippen molar-refractivity contribution in [3.8, 4) is 0 Å². The van der Waals surface area contributed by atoms with Gasteiger partial charge in [0.1, 0.15) is 5.92 Å². The summed E-state index contributed by atoms with van der Waals surface area (Å²) in [7, 11) is 0. The molecule has 0 fully saturated rings. The van der Waals surface area contributed by atoms with Crippen LogP contribution in [0.5, 0.6) is 0 Å². The average Bonchev–Trinajstić information content (AvgIpc) is 2.61. The highest BCUT2D eigenvalue weighted by atomic mass is 127. The van der Waals surface area contributed by atoms with Crippen LogP contribution in [0.4, 0.5) is 5.69 Å². The Morgan fingerprint density at radius 2 is 1.54 bits per heavy atom. The minimum atomic E-state index is -1.30. The fraction of sp³-hybridized carbons (Fsp3) is 0.222. The number of rotatable bonds is 8. The summed E-state index contributed by atoms with van der Waals surface area (Å²) in [6, 6.07) is 12.0.